The van der Waals surface area contributed by atoms with Crippen LogP contribution >= 0.6 is 11.6 Å². The number of rotatable bonds is 8. The quantitative estimate of drug-likeness (QED) is 0.114. The van der Waals surface area contributed by atoms with Crippen molar-refractivity contribution < 1.29 is 9.21 Å². The molecule has 0 fully saturated rings. The molecule has 0 saturated carbocycles. The maximum atomic E-state index is 13.1. The molecule has 3 N–H and O–H groups in total. The van der Waals surface area contributed by atoms with Gasteiger partial charge in [-0.1, -0.05) is 28.8 Å². The van der Waals surface area contributed by atoms with Crippen molar-refractivity contribution in [3.05, 3.63) is 112 Å². The van der Waals surface area contributed by atoms with Crippen LogP contribution in [0.1, 0.15) is 27.7 Å². The Morgan fingerprint density at radius 2 is 2.11 bits per heavy atom. The number of benzene rings is 2. The first-order valence-electron chi connectivity index (χ1n) is 11.5. The lowest BCUT2D eigenvalue weighted by Crippen LogP contribution is -2.30. The second-order valence-electron chi connectivity index (χ2n) is 8.48. The molecule has 9 nitrogen and oxygen atoms in total. The number of hydrogen-bond acceptors (Lipinski definition) is 5. The van der Waals surface area contributed by atoms with Crippen molar-refractivity contribution in [3.63, 3.8) is 0 Å². The lowest BCUT2D eigenvalue weighted by molar-refractivity contribution is 0.0933. The summed E-state index contributed by atoms with van der Waals surface area (Å²) in [5, 5.41) is 11.4. The summed E-state index contributed by atoms with van der Waals surface area (Å²) in [7, 11) is 0. The largest absolute Gasteiger partial charge is 0.464 e. The number of halogens is 1. The van der Waals surface area contributed by atoms with Crippen LogP contribution in [0.5, 0.6) is 0 Å². The Hall–Kier alpha value is -4.72. The number of nitrogens with zero attached hydrogens (tertiary/aromatic N) is 4. The number of pyridine rings is 1. The molecule has 0 unspecified atom stereocenters. The molecular formula is C27H22ClN7O2. The van der Waals surface area contributed by atoms with Gasteiger partial charge in [-0.2, -0.15) is 0 Å². The number of azide groups is 1. The highest BCUT2D eigenvalue weighted by Gasteiger charge is 2.18. The molecule has 5 aromatic rings. The van der Waals surface area contributed by atoms with Crippen molar-refractivity contribution in [2.24, 2.45) is 5.11 Å². The van der Waals surface area contributed by atoms with Crippen LogP contribution in [0.15, 0.2) is 88.9 Å². The smallest absolute Gasteiger partial charge is 0.268 e. The molecule has 0 aliphatic rings. The Morgan fingerprint density at radius 3 is 2.95 bits per heavy atom. The molecule has 0 radical (unpaired) electrons. The van der Waals surface area contributed by atoms with Crippen molar-refractivity contribution in [2.45, 2.75) is 13.0 Å². The van der Waals surface area contributed by atoms with E-state index in [1.54, 1.807) is 42.9 Å². The third-order valence-corrected chi connectivity index (χ3v) is 6.19. The molecule has 1 atom stereocenters. The number of carbonyl (C=O) groups is 1. The van der Waals surface area contributed by atoms with Crippen LogP contribution in [-0.4, -0.2) is 22.4 Å². The molecule has 1 amide bonds. The molecule has 3 aromatic heterocycles. The van der Waals surface area contributed by atoms with Gasteiger partial charge in [-0.25, -0.2) is 4.98 Å². The first kappa shape index (κ1) is 24.0. The van der Waals surface area contributed by atoms with Crippen LogP contribution in [0, 0.1) is 6.92 Å². The summed E-state index contributed by atoms with van der Waals surface area (Å²) >= 11 is 6.11. The van der Waals surface area contributed by atoms with E-state index in [9.17, 15) is 4.79 Å². The molecule has 37 heavy (non-hydrogen) atoms. The van der Waals surface area contributed by atoms with Crippen LogP contribution in [0.25, 0.3) is 32.5 Å². The Labute approximate surface area is 217 Å². The lowest BCUT2D eigenvalue weighted by atomic mass is 10.0. The van der Waals surface area contributed by atoms with Gasteiger partial charge >= 0.3 is 0 Å². The maximum absolute atomic E-state index is 13.1. The summed E-state index contributed by atoms with van der Waals surface area (Å²) in [6, 6.07) is 18.0. The topological polar surface area (TPSA) is 132 Å². The minimum absolute atomic E-state index is 0.0548. The van der Waals surface area contributed by atoms with E-state index in [1.807, 2.05) is 43.3 Å². The fraction of sp³-hybridized carbons (Fsp3) is 0.111. The van der Waals surface area contributed by atoms with Gasteiger partial charge in [0.1, 0.15) is 17.1 Å². The normalized spacial score (nSPS) is 11.6. The van der Waals surface area contributed by atoms with Crippen LogP contribution in [-0.2, 0) is 0 Å². The van der Waals surface area contributed by atoms with Gasteiger partial charge in [-0.05, 0) is 77.7 Å². The number of anilines is 2. The zero-order valence-electron chi connectivity index (χ0n) is 19.8. The number of hydrogen-bond donors (Lipinski definition) is 3. The molecule has 10 heteroatoms. The van der Waals surface area contributed by atoms with E-state index in [0.717, 1.165) is 38.9 Å². The minimum Gasteiger partial charge on any atom is -0.464 e. The number of aryl methyl sites for hydroxylation is 1. The third-order valence-electron chi connectivity index (χ3n) is 5.95. The molecule has 0 aliphatic heterocycles. The number of H-pyrrole nitrogens is 1. The number of aromatic nitrogens is 2. The first-order valence-corrected chi connectivity index (χ1v) is 11.8. The van der Waals surface area contributed by atoms with Gasteiger partial charge in [0, 0.05) is 39.0 Å². The van der Waals surface area contributed by atoms with Crippen molar-refractivity contribution >= 4 is 40.0 Å². The number of aromatic amines is 1. The molecule has 0 bridgehead atoms. The van der Waals surface area contributed by atoms with Crippen LogP contribution < -0.4 is 10.6 Å². The lowest BCUT2D eigenvalue weighted by Gasteiger charge is -2.17. The van der Waals surface area contributed by atoms with Crippen LogP contribution in [0.4, 0.5) is 11.5 Å². The monoisotopic (exact) mass is 511 g/mol. The van der Waals surface area contributed by atoms with E-state index in [-0.39, 0.29) is 12.5 Å². The van der Waals surface area contributed by atoms with Gasteiger partial charge in [-0.3, -0.25) is 4.79 Å². The summed E-state index contributed by atoms with van der Waals surface area (Å²) in [6.45, 7) is 2.02. The Bertz CT molecular complexity index is 1630. The average molecular weight is 512 g/mol. The van der Waals surface area contributed by atoms with E-state index in [0.29, 0.717) is 16.5 Å². The van der Waals surface area contributed by atoms with Gasteiger partial charge in [0.2, 0.25) is 0 Å². The Kier molecular flexibility index (Phi) is 6.81. The van der Waals surface area contributed by atoms with Crippen LogP contribution in [0.3, 0.4) is 0 Å². The van der Waals surface area contributed by atoms with Crippen LogP contribution in [0.2, 0.25) is 5.02 Å². The van der Waals surface area contributed by atoms with E-state index in [4.69, 9.17) is 21.5 Å². The Morgan fingerprint density at radius 1 is 1.22 bits per heavy atom. The summed E-state index contributed by atoms with van der Waals surface area (Å²) in [6.07, 6.45) is 5.22. The fourth-order valence-electron chi connectivity index (χ4n) is 4.09. The van der Waals surface area contributed by atoms with Gasteiger partial charge in [0.15, 0.2) is 0 Å². The molecule has 3 heterocycles. The molecule has 0 saturated heterocycles. The van der Waals surface area contributed by atoms with Crippen molar-refractivity contribution in [2.75, 3.05) is 11.9 Å². The molecule has 5 rings (SSSR count). The predicted molar refractivity (Wildman–Crippen MR) is 144 cm³/mol. The summed E-state index contributed by atoms with van der Waals surface area (Å²) in [5.41, 5.74) is 14.3. The number of furan rings is 1. The molecule has 2 aromatic carbocycles. The summed E-state index contributed by atoms with van der Waals surface area (Å²) < 4.78 is 5.40. The van der Waals surface area contributed by atoms with Crippen molar-refractivity contribution in [3.8, 4) is 11.1 Å². The average Bonchev–Trinajstić information content (AvgIpc) is 3.57. The third kappa shape index (κ3) is 5.43. The second-order valence-corrected chi connectivity index (χ2v) is 8.92. The fourth-order valence-corrected chi connectivity index (χ4v) is 4.29. The molecule has 184 valence electrons. The van der Waals surface area contributed by atoms with E-state index in [2.05, 4.69) is 30.6 Å². The number of nitrogens with one attached hydrogen (secondary N) is 3. The van der Waals surface area contributed by atoms with Crippen molar-refractivity contribution in [1.82, 2.24) is 15.3 Å². The van der Waals surface area contributed by atoms with Crippen molar-refractivity contribution in [1.29, 1.82) is 0 Å². The number of carbonyl (C=O) groups excluding carboxylic acids is 1. The second kappa shape index (κ2) is 10.5. The molecule has 0 aliphatic carbocycles. The summed E-state index contributed by atoms with van der Waals surface area (Å²) in [5.74, 6) is 0.342. The SMILES string of the molecule is Cc1cnc(Nc2ccc3occc3c2)cc1-c1c[nH]c(C(=O)N[C@H](CN=[N+]=[N-])c2cccc(Cl)c2)c1. The molecule has 0 spiro atoms. The van der Waals surface area contributed by atoms with Gasteiger partial charge in [0.25, 0.3) is 5.91 Å². The van der Waals surface area contributed by atoms with E-state index in [1.165, 1.54) is 0 Å². The minimum atomic E-state index is -0.528. The highest BCUT2D eigenvalue weighted by atomic mass is 35.5. The zero-order chi connectivity index (χ0) is 25.8. The molecular weight excluding hydrogens is 490 g/mol. The highest BCUT2D eigenvalue weighted by molar-refractivity contribution is 6.30. The Balaban J connectivity index is 1.36. The first-order chi connectivity index (χ1) is 18.0. The van der Waals surface area contributed by atoms with Gasteiger partial charge in [-0.15, -0.1) is 0 Å². The maximum Gasteiger partial charge on any atom is 0.268 e. The van der Waals surface area contributed by atoms with Gasteiger partial charge in [0.05, 0.1) is 18.8 Å². The zero-order valence-corrected chi connectivity index (χ0v) is 20.5. The standard InChI is InChI=1S/C27H22ClN7O2/c1-16-13-31-26(33-21-5-6-25-18(10-21)7-8-37-25)12-22(16)19-11-23(30-14-19)27(36)34-24(15-32-35-29)17-3-2-4-20(28)9-17/h2-14,24,30H,15H2,1H3,(H,31,33)(H,34,36)/t24-/m1/s1. The van der Waals surface area contributed by atoms with E-state index < -0.39 is 6.04 Å². The van der Waals surface area contributed by atoms with Gasteiger partial charge < -0.3 is 20.0 Å². The predicted octanol–water partition coefficient (Wildman–Crippen LogP) is 7.31. The highest BCUT2D eigenvalue weighted by Crippen LogP contribution is 2.29. The number of amides is 1. The van der Waals surface area contributed by atoms with E-state index >= 15 is 0 Å². The number of fused-ring (bicyclic) bond motifs is 1. The summed E-state index contributed by atoms with van der Waals surface area (Å²) in [4.78, 5) is 23.4.